The Balaban J connectivity index is 1.85. The summed E-state index contributed by atoms with van der Waals surface area (Å²) < 4.78 is 41.4. The summed E-state index contributed by atoms with van der Waals surface area (Å²) in [6.45, 7) is 5.86. The van der Waals surface area contributed by atoms with Gasteiger partial charge in [-0.25, -0.2) is 9.78 Å². The molecule has 7 nitrogen and oxygen atoms in total. The molecule has 3 heterocycles. The zero-order chi connectivity index (χ0) is 23.2. The topological polar surface area (TPSA) is 96.7 Å². The molecule has 1 aromatic carbocycles. The number of carboxylic acids is 1. The van der Waals surface area contributed by atoms with Gasteiger partial charge in [0, 0.05) is 11.4 Å². The lowest BCUT2D eigenvalue weighted by Crippen LogP contribution is -2.11. The van der Waals surface area contributed by atoms with Crippen LogP contribution < -0.4 is 0 Å². The van der Waals surface area contributed by atoms with Crippen molar-refractivity contribution in [2.75, 3.05) is 0 Å². The molecule has 0 fully saturated rings. The minimum atomic E-state index is -4.88. The summed E-state index contributed by atoms with van der Waals surface area (Å²) in [5, 5.41) is 17.9. The van der Waals surface area contributed by atoms with Gasteiger partial charge in [0.05, 0.1) is 5.69 Å². The van der Waals surface area contributed by atoms with Gasteiger partial charge in [-0.05, 0) is 55.8 Å². The molecule has 0 aliphatic rings. The highest BCUT2D eigenvalue weighted by atomic mass is 32.2. The van der Waals surface area contributed by atoms with Crippen LogP contribution >= 0.6 is 23.1 Å². The summed E-state index contributed by atoms with van der Waals surface area (Å²) in [6.07, 6.45) is -4.88. The largest absolute Gasteiger partial charge is 0.477 e. The van der Waals surface area contributed by atoms with Crippen molar-refractivity contribution >= 4 is 29.1 Å². The Hall–Kier alpha value is -3.12. The first-order chi connectivity index (χ1) is 15.1. The van der Waals surface area contributed by atoms with Crippen LogP contribution in [-0.4, -0.2) is 35.8 Å². The molecule has 4 rings (SSSR count). The molecule has 0 saturated carbocycles. The number of carbonyl (C=O) groups is 1. The number of benzene rings is 1. The van der Waals surface area contributed by atoms with Gasteiger partial charge in [-0.2, -0.15) is 13.2 Å². The van der Waals surface area contributed by atoms with Crippen molar-refractivity contribution in [3.63, 3.8) is 0 Å². The number of halogens is 3. The summed E-state index contributed by atoms with van der Waals surface area (Å²) in [4.78, 5) is 17.3. The first-order valence-electron chi connectivity index (χ1n) is 9.24. The molecule has 0 aliphatic heterocycles. The number of aromatic carboxylic acids is 1. The second kappa shape index (κ2) is 8.10. The Morgan fingerprint density at radius 2 is 1.81 bits per heavy atom. The van der Waals surface area contributed by atoms with E-state index < -0.39 is 22.7 Å². The van der Waals surface area contributed by atoms with Gasteiger partial charge in [0.15, 0.2) is 15.9 Å². The van der Waals surface area contributed by atoms with Crippen LogP contribution in [0.25, 0.3) is 17.2 Å². The number of H-pyrrole nitrogens is 1. The SMILES string of the molecule is Cc1[nH]c(-c2nnc(Sc3nc(C(F)(F)F)c(C(=O)O)s3)n2-c2ccccc2)c(C)c1C. The zero-order valence-electron chi connectivity index (χ0n) is 17.0. The van der Waals surface area contributed by atoms with Crippen LogP contribution in [0.15, 0.2) is 39.8 Å². The number of aromatic amines is 1. The highest BCUT2D eigenvalue weighted by Crippen LogP contribution is 2.40. The number of aryl methyl sites for hydroxylation is 1. The predicted octanol–water partition coefficient (Wildman–Crippen LogP) is 5.51. The first-order valence-corrected chi connectivity index (χ1v) is 10.9. The minimum absolute atomic E-state index is 0.0959. The third kappa shape index (κ3) is 3.91. The van der Waals surface area contributed by atoms with E-state index in [4.69, 9.17) is 0 Å². The highest BCUT2D eigenvalue weighted by Gasteiger charge is 2.40. The molecular weight excluding hydrogens is 463 g/mol. The van der Waals surface area contributed by atoms with Gasteiger partial charge in [0.25, 0.3) is 0 Å². The molecule has 0 atom stereocenters. The predicted molar refractivity (Wildman–Crippen MR) is 114 cm³/mol. The highest BCUT2D eigenvalue weighted by molar-refractivity contribution is 8.00. The minimum Gasteiger partial charge on any atom is -0.477 e. The standard InChI is InChI=1S/C20H16F3N5O2S2/c1-9-10(2)13(24-11(9)3)16-26-27-18(28(16)12-7-5-4-6-8-12)32-19-25-15(20(21,22)23)14(31-19)17(29)30/h4-8,24H,1-3H3,(H,29,30). The molecule has 0 spiro atoms. The smallest absolute Gasteiger partial charge is 0.435 e. The van der Waals surface area contributed by atoms with Crippen LogP contribution in [0.5, 0.6) is 0 Å². The molecule has 12 heteroatoms. The molecule has 32 heavy (non-hydrogen) atoms. The van der Waals surface area contributed by atoms with Crippen molar-refractivity contribution in [3.05, 3.63) is 57.7 Å². The maximum atomic E-state index is 13.2. The van der Waals surface area contributed by atoms with Crippen molar-refractivity contribution in [1.29, 1.82) is 0 Å². The van der Waals surface area contributed by atoms with Crippen molar-refractivity contribution in [2.24, 2.45) is 0 Å². The van der Waals surface area contributed by atoms with E-state index in [1.807, 2.05) is 51.1 Å². The van der Waals surface area contributed by atoms with Crippen LogP contribution in [0, 0.1) is 20.8 Å². The lowest BCUT2D eigenvalue weighted by molar-refractivity contribution is -0.141. The van der Waals surface area contributed by atoms with E-state index >= 15 is 0 Å². The van der Waals surface area contributed by atoms with Crippen LogP contribution in [0.3, 0.4) is 0 Å². The average Bonchev–Trinajstić information content (AvgIpc) is 3.42. The van der Waals surface area contributed by atoms with Gasteiger partial charge in [-0.3, -0.25) is 4.57 Å². The number of para-hydroxylation sites is 1. The molecule has 3 aromatic heterocycles. The third-order valence-corrected chi connectivity index (χ3v) is 6.98. The molecule has 166 valence electrons. The summed E-state index contributed by atoms with van der Waals surface area (Å²) in [5.41, 5.74) is 3.03. The van der Waals surface area contributed by atoms with E-state index in [-0.39, 0.29) is 9.50 Å². The number of nitrogens with zero attached hydrogens (tertiary/aromatic N) is 4. The number of hydrogen-bond acceptors (Lipinski definition) is 6. The number of aromatic nitrogens is 5. The van der Waals surface area contributed by atoms with Gasteiger partial charge in [0.2, 0.25) is 5.16 Å². The molecule has 0 unspecified atom stereocenters. The quantitative estimate of drug-likeness (QED) is 0.392. The van der Waals surface area contributed by atoms with E-state index in [1.54, 1.807) is 4.57 Å². The number of nitrogens with one attached hydrogen (secondary N) is 1. The lowest BCUT2D eigenvalue weighted by Gasteiger charge is -2.09. The fraction of sp³-hybridized carbons (Fsp3) is 0.200. The third-order valence-electron chi connectivity index (χ3n) is 4.93. The average molecular weight is 480 g/mol. The van der Waals surface area contributed by atoms with Gasteiger partial charge in [-0.15, -0.1) is 10.2 Å². The van der Waals surface area contributed by atoms with Crippen molar-refractivity contribution in [3.8, 4) is 17.2 Å². The molecule has 0 amide bonds. The van der Waals surface area contributed by atoms with Gasteiger partial charge in [0.1, 0.15) is 4.88 Å². The maximum absolute atomic E-state index is 13.2. The second-order valence-corrected chi connectivity index (χ2v) is 9.13. The van der Waals surface area contributed by atoms with E-state index in [0.29, 0.717) is 22.8 Å². The lowest BCUT2D eigenvalue weighted by atomic mass is 10.1. The molecule has 2 N–H and O–H groups in total. The number of alkyl halides is 3. The van der Waals surface area contributed by atoms with E-state index in [0.717, 1.165) is 34.3 Å². The normalized spacial score (nSPS) is 11.8. The Morgan fingerprint density at radius 3 is 2.34 bits per heavy atom. The number of thiazole rings is 1. The van der Waals surface area contributed by atoms with Crippen LogP contribution in [0.1, 0.15) is 32.2 Å². The fourth-order valence-electron chi connectivity index (χ4n) is 3.13. The van der Waals surface area contributed by atoms with Crippen LogP contribution in [0.2, 0.25) is 0 Å². The van der Waals surface area contributed by atoms with E-state index in [1.165, 1.54) is 0 Å². The Kier molecular flexibility index (Phi) is 5.59. The summed E-state index contributed by atoms with van der Waals surface area (Å²) in [5.74, 6) is -1.20. The monoisotopic (exact) mass is 479 g/mol. The maximum Gasteiger partial charge on any atom is 0.435 e. The van der Waals surface area contributed by atoms with Gasteiger partial charge in [-0.1, -0.05) is 29.5 Å². The second-order valence-electron chi connectivity index (χ2n) is 6.91. The first kappa shape index (κ1) is 22.1. The van der Waals surface area contributed by atoms with E-state index in [9.17, 15) is 23.1 Å². The van der Waals surface area contributed by atoms with E-state index in [2.05, 4.69) is 20.2 Å². The molecular formula is C20H16F3N5O2S2. The van der Waals surface area contributed by atoms with Crippen molar-refractivity contribution in [2.45, 2.75) is 36.4 Å². The molecule has 4 aromatic rings. The summed E-state index contributed by atoms with van der Waals surface area (Å²) >= 11 is 1.28. The summed E-state index contributed by atoms with van der Waals surface area (Å²) in [7, 11) is 0. The zero-order valence-corrected chi connectivity index (χ0v) is 18.6. The van der Waals surface area contributed by atoms with Gasteiger partial charge >= 0.3 is 12.1 Å². The van der Waals surface area contributed by atoms with Crippen LogP contribution in [-0.2, 0) is 6.18 Å². The summed E-state index contributed by atoms with van der Waals surface area (Å²) in [6, 6.07) is 9.11. The Labute approximate surface area is 188 Å². The number of rotatable bonds is 5. The Morgan fingerprint density at radius 1 is 1.12 bits per heavy atom. The molecule has 0 saturated heterocycles. The van der Waals surface area contributed by atoms with Crippen molar-refractivity contribution < 1.29 is 23.1 Å². The Bertz CT molecular complexity index is 1310. The molecule has 0 bridgehead atoms. The van der Waals surface area contributed by atoms with Gasteiger partial charge < -0.3 is 10.1 Å². The number of carboxylic acid groups (broad SMARTS) is 1. The molecule has 0 aliphatic carbocycles. The molecule has 0 radical (unpaired) electrons. The fourth-order valence-corrected chi connectivity index (χ4v) is 5.09. The number of hydrogen-bond donors (Lipinski definition) is 2. The van der Waals surface area contributed by atoms with Crippen molar-refractivity contribution in [1.82, 2.24) is 24.7 Å². The van der Waals surface area contributed by atoms with Crippen LogP contribution in [0.4, 0.5) is 13.2 Å².